The van der Waals surface area contributed by atoms with E-state index in [1.165, 1.54) is 22.9 Å². The van der Waals surface area contributed by atoms with Crippen LogP contribution in [-0.4, -0.2) is 31.1 Å². The number of amides is 1. The van der Waals surface area contributed by atoms with E-state index in [9.17, 15) is 9.18 Å². The number of carbonyl (C=O) groups is 1. The molecular weight excluding hydrogens is 407 g/mol. The summed E-state index contributed by atoms with van der Waals surface area (Å²) in [7, 11) is 0. The molecule has 1 N–H and O–H groups in total. The third-order valence-electron chi connectivity index (χ3n) is 4.21. The van der Waals surface area contributed by atoms with Gasteiger partial charge in [-0.1, -0.05) is 6.07 Å². The van der Waals surface area contributed by atoms with Gasteiger partial charge < -0.3 is 10.1 Å². The fourth-order valence-corrected chi connectivity index (χ4v) is 3.37. The van der Waals surface area contributed by atoms with Gasteiger partial charge in [0.25, 0.3) is 5.91 Å². The molecule has 0 fully saturated rings. The molecule has 152 valence electrons. The molecule has 0 aliphatic heterocycles. The van der Waals surface area contributed by atoms with Crippen molar-refractivity contribution in [2.75, 3.05) is 5.32 Å². The lowest BCUT2D eigenvalue weighted by molar-refractivity contribution is 0.102. The summed E-state index contributed by atoms with van der Waals surface area (Å²) in [5, 5.41) is 16.7. The zero-order chi connectivity index (χ0) is 21.1. The second kappa shape index (κ2) is 8.37. The normalized spacial score (nSPS) is 10.8. The Labute approximate surface area is 175 Å². The molecule has 10 heteroatoms. The largest absolute Gasteiger partial charge is 0.487 e. The number of rotatable bonds is 6. The smallest absolute Gasteiger partial charge is 0.255 e. The standard InChI is InChI=1S/C20H17FN6O2S/c1-12-24-25-26-27(12)19-9-15(6-7-18(19)21)23-20(28)14-4-3-5-17(8-14)29-10-16-11-30-13(2)22-16/h3-9,11H,10H2,1-2H3,(H,23,28). The van der Waals surface area contributed by atoms with Gasteiger partial charge >= 0.3 is 0 Å². The molecule has 4 rings (SSSR count). The number of nitrogens with one attached hydrogen (secondary N) is 1. The Balaban J connectivity index is 1.48. The van der Waals surface area contributed by atoms with Crippen LogP contribution in [-0.2, 0) is 6.61 Å². The van der Waals surface area contributed by atoms with Crippen molar-refractivity contribution < 1.29 is 13.9 Å². The highest BCUT2D eigenvalue weighted by atomic mass is 32.1. The van der Waals surface area contributed by atoms with E-state index in [-0.39, 0.29) is 11.6 Å². The van der Waals surface area contributed by atoms with E-state index < -0.39 is 5.82 Å². The van der Waals surface area contributed by atoms with Gasteiger partial charge in [-0.05, 0) is 60.7 Å². The third kappa shape index (κ3) is 4.33. The van der Waals surface area contributed by atoms with Crippen LogP contribution in [0.2, 0.25) is 0 Å². The lowest BCUT2D eigenvalue weighted by Gasteiger charge is -2.10. The summed E-state index contributed by atoms with van der Waals surface area (Å²) in [6.45, 7) is 3.91. The number of thiazole rings is 1. The second-order valence-corrected chi connectivity index (χ2v) is 7.49. The lowest BCUT2D eigenvalue weighted by atomic mass is 10.2. The first-order valence-electron chi connectivity index (χ1n) is 9.00. The topological polar surface area (TPSA) is 94.8 Å². The van der Waals surface area contributed by atoms with Gasteiger partial charge in [-0.25, -0.2) is 9.37 Å². The van der Waals surface area contributed by atoms with Gasteiger partial charge in [-0.15, -0.1) is 16.4 Å². The van der Waals surface area contributed by atoms with E-state index >= 15 is 0 Å². The fourth-order valence-electron chi connectivity index (χ4n) is 2.77. The first-order chi connectivity index (χ1) is 14.5. The summed E-state index contributed by atoms with van der Waals surface area (Å²) in [5.74, 6) is 0.127. The SMILES string of the molecule is Cc1nc(COc2cccc(C(=O)Nc3ccc(F)c(-n4nnnc4C)c3)c2)cs1. The maximum Gasteiger partial charge on any atom is 0.255 e. The van der Waals surface area contributed by atoms with Crippen molar-refractivity contribution in [1.82, 2.24) is 25.2 Å². The predicted octanol–water partition coefficient (Wildman–Crippen LogP) is 3.71. The third-order valence-corrected chi connectivity index (χ3v) is 5.03. The van der Waals surface area contributed by atoms with E-state index in [1.807, 2.05) is 12.3 Å². The van der Waals surface area contributed by atoms with Crippen molar-refractivity contribution in [3.05, 3.63) is 75.8 Å². The number of aryl methyl sites for hydroxylation is 2. The van der Waals surface area contributed by atoms with Crippen LogP contribution in [0.15, 0.2) is 47.8 Å². The maximum atomic E-state index is 14.2. The molecule has 8 nitrogen and oxygen atoms in total. The molecule has 0 saturated heterocycles. The quantitative estimate of drug-likeness (QED) is 0.507. The average molecular weight is 424 g/mol. The molecule has 0 bridgehead atoms. The first-order valence-corrected chi connectivity index (χ1v) is 9.88. The second-order valence-electron chi connectivity index (χ2n) is 6.43. The van der Waals surface area contributed by atoms with Crippen LogP contribution in [0.1, 0.15) is 26.9 Å². The molecule has 0 atom stereocenters. The molecule has 2 heterocycles. The van der Waals surface area contributed by atoms with Crippen LogP contribution in [0, 0.1) is 19.7 Å². The lowest BCUT2D eigenvalue weighted by Crippen LogP contribution is -2.13. The fraction of sp³-hybridized carbons (Fsp3) is 0.150. The molecular formula is C20H17FN6O2S. The number of tetrazole rings is 1. The number of benzene rings is 2. The van der Waals surface area contributed by atoms with Gasteiger partial charge in [-0.2, -0.15) is 4.68 Å². The maximum absolute atomic E-state index is 14.2. The number of hydrogen-bond donors (Lipinski definition) is 1. The van der Waals surface area contributed by atoms with Crippen molar-refractivity contribution in [2.24, 2.45) is 0 Å². The van der Waals surface area contributed by atoms with E-state index in [1.54, 1.807) is 42.5 Å². The molecule has 0 saturated carbocycles. The van der Waals surface area contributed by atoms with Gasteiger partial charge in [0.15, 0.2) is 5.82 Å². The van der Waals surface area contributed by atoms with E-state index in [0.717, 1.165) is 10.7 Å². The van der Waals surface area contributed by atoms with Crippen molar-refractivity contribution >= 4 is 22.9 Å². The number of aromatic nitrogens is 5. The van der Waals surface area contributed by atoms with Crippen molar-refractivity contribution in [1.29, 1.82) is 0 Å². The van der Waals surface area contributed by atoms with Gasteiger partial charge in [0, 0.05) is 16.6 Å². The summed E-state index contributed by atoms with van der Waals surface area (Å²) in [6, 6.07) is 11.0. The Morgan fingerprint density at radius 3 is 2.83 bits per heavy atom. The molecule has 2 aromatic carbocycles. The Morgan fingerprint density at radius 1 is 1.23 bits per heavy atom. The minimum Gasteiger partial charge on any atom is -0.487 e. The molecule has 30 heavy (non-hydrogen) atoms. The Morgan fingerprint density at radius 2 is 2.10 bits per heavy atom. The average Bonchev–Trinajstić information content (AvgIpc) is 3.36. The summed E-state index contributed by atoms with van der Waals surface area (Å²) < 4.78 is 21.2. The van der Waals surface area contributed by atoms with Crippen LogP contribution < -0.4 is 10.1 Å². The summed E-state index contributed by atoms with van der Waals surface area (Å²) >= 11 is 1.55. The molecule has 0 unspecified atom stereocenters. The van der Waals surface area contributed by atoms with Crippen LogP contribution in [0.5, 0.6) is 5.75 Å². The molecule has 2 aromatic heterocycles. The predicted molar refractivity (Wildman–Crippen MR) is 109 cm³/mol. The van der Waals surface area contributed by atoms with Gasteiger partial charge in [0.05, 0.1) is 10.7 Å². The Hall–Kier alpha value is -3.66. The number of ether oxygens (including phenoxy) is 1. The van der Waals surface area contributed by atoms with E-state index in [4.69, 9.17) is 4.74 Å². The minimum atomic E-state index is -0.504. The van der Waals surface area contributed by atoms with Gasteiger partial charge in [0.1, 0.15) is 23.9 Å². The number of hydrogen-bond acceptors (Lipinski definition) is 7. The van der Waals surface area contributed by atoms with E-state index in [2.05, 4.69) is 25.8 Å². The van der Waals surface area contributed by atoms with Crippen molar-refractivity contribution in [2.45, 2.75) is 20.5 Å². The van der Waals surface area contributed by atoms with Gasteiger partial charge in [-0.3, -0.25) is 4.79 Å². The van der Waals surface area contributed by atoms with Gasteiger partial charge in [0.2, 0.25) is 0 Å². The molecule has 1 amide bonds. The number of carbonyl (C=O) groups excluding carboxylic acids is 1. The molecule has 4 aromatic rings. The molecule has 0 spiro atoms. The van der Waals surface area contributed by atoms with Crippen LogP contribution in [0.4, 0.5) is 10.1 Å². The van der Waals surface area contributed by atoms with Crippen molar-refractivity contribution in [3.8, 4) is 11.4 Å². The summed E-state index contributed by atoms with van der Waals surface area (Å²) in [5.41, 5.74) is 1.80. The zero-order valence-electron chi connectivity index (χ0n) is 16.2. The number of anilines is 1. The van der Waals surface area contributed by atoms with E-state index in [0.29, 0.717) is 29.4 Å². The van der Waals surface area contributed by atoms with Crippen LogP contribution in [0.25, 0.3) is 5.69 Å². The highest BCUT2D eigenvalue weighted by molar-refractivity contribution is 7.09. The summed E-state index contributed by atoms with van der Waals surface area (Å²) in [6.07, 6.45) is 0. The highest BCUT2D eigenvalue weighted by Gasteiger charge is 2.13. The number of halogens is 1. The Bertz CT molecular complexity index is 1210. The molecule has 0 aliphatic rings. The summed E-state index contributed by atoms with van der Waals surface area (Å²) in [4.78, 5) is 17.0. The monoisotopic (exact) mass is 424 g/mol. The first kappa shape index (κ1) is 19.6. The molecule has 0 aliphatic carbocycles. The number of nitrogens with zero attached hydrogens (tertiary/aromatic N) is 5. The van der Waals surface area contributed by atoms with Crippen LogP contribution >= 0.6 is 11.3 Å². The minimum absolute atomic E-state index is 0.144. The van der Waals surface area contributed by atoms with Crippen molar-refractivity contribution in [3.63, 3.8) is 0 Å². The zero-order valence-corrected chi connectivity index (χ0v) is 17.0. The highest BCUT2D eigenvalue weighted by Crippen LogP contribution is 2.21. The Kier molecular flexibility index (Phi) is 5.48. The molecule has 0 radical (unpaired) electrons. The van der Waals surface area contributed by atoms with Crippen LogP contribution in [0.3, 0.4) is 0 Å².